The third kappa shape index (κ3) is 2.16. The number of carbonyl (C=O) groups is 1. The SMILES string of the molecule is O=Cc1ccc2c(c1)SCCN2CCO. The molecule has 1 N–H and O–H groups in total. The third-order valence-electron chi connectivity index (χ3n) is 2.45. The van der Waals surface area contributed by atoms with Crippen LogP contribution < -0.4 is 4.90 Å². The van der Waals surface area contributed by atoms with Crippen LogP contribution in [0.4, 0.5) is 5.69 Å². The van der Waals surface area contributed by atoms with Gasteiger partial charge in [0.05, 0.1) is 12.3 Å². The Kier molecular flexibility index (Phi) is 3.28. The molecule has 1 aromatic rings. The van der Waals surface area contributed by atoms with Crippen LogP contribution in [0.5, 0.6) is 0 Å². The van der Waals surface area contributed by atoms with Crippen LogP contribution in [0.2, 0.25) is 0 Å². The highest BCUT2D eigenvalue weighted by atomic mass is 32.2. The molecule has 0 aromatic heterocycles. The summed E-state index contributed by atoms with van der Waals surface area (Å²) in [5.74, 6) is 1.01. The van der Waals surface area contributed by atoms with Crippen LogP contribution in [0.15, 0.2) is 23.1 Å². The van der Waals surface area contributed by atoms with E-state index in [1.54, 1.807) is 11.8 Å². The predicted octanol–water partition coefficient (Wildman–Crippen LogP) is 1.40. The minimum Gasteiger partial charge on any atom is -0.395 e. The Balaban J connectivity index is 2.31. The Morgan fingerprint density at radius 3 is 3.13 bits per heavy atom. The van der Waals surface area contributed by atoms with Crippen molar-refractivity contribution in [2.75, 3.05) is 30.3 Å². The Morgan fingerprint density at radius 2 is 2.40 bits per heavy atom. The van der Waals surface area contributed by atoms with Gasteiger partial charge in [0.1, 0.15) is 6.29 Å². The fourth-order valence-corrected chi connectivity index (χ4v) is 2.82. The highest BCUT2D eigenvalue weighted by molar-refractivity contribution is 7.99. The maximum Gasteiger partial charge on any atom is 0.150 e. The molecular weight excluding hydrogens is 210 g/mol. The van der Waals surface area contributed by atoms with E-state index in [0.29, 0.717) is 12.1 Å². The van der Waals surface area contributed by atoms with Crippen molar-refractivity contribution in [3.8, 4) is 0 Å². The zero-order chi connectivity index (χ0) is 10.7. The van der Waals surface area contributed by atoms with E-state index in [1.165, 1.54) is 0 Å². The molecule has 0 radical (unpaired) electrons. The molecule has 0 unspecified atom stereocenters. The van der Waals surface area contributed by atoms with E-state index in [4.69, 9.17) is 5.11 Å². The van der Waals surface area contributed by atoms with Crippen molar-refractivity contribution in [2.45, 2.75) is 4.90 Å². The quantitative estimate of drug-likeness (QED) is 0.786. The van der Waals surface area contributed by atoms with Crippen molar-refractivity contribution in [1.82, 2.24) is 0 Å². The van der Waals surface area contributed by atoms with Crippen LogP contribution in [0.3, 0.4) is 0 Å². The first-order valence-electron chi connectivity index (χ1n) is 4.93. The zero-order valence-electron chi connectivity index (χ0n) is 8.35. The second kappa shape index (κ2) is 4.68. The molecule has 0 amide bonds. The molecule has 15 heavy (non-hydrogen) atoms. The first-order chi connectivity index (χ1) is 7.35. The smallest absolute Gasteiger partial charge is 0.150 e. The fourth-order valence-electron chi connectivity index (χ4n) is 1.72. The number of carbonyl (C=O) groups excluding carboxylic acids is 1. The lowest BCUT2D eigenvalue weighted by atomic mass is 10.2. The number of aldehydes is 1. The molecular formula is C11H13NO2S. The number of aliphatic hydroxyl groups is 1. The maximum absolute atomic E-state index is 10.6. The van der Waals surface area contributed by atoms with Gasteiger partial charge in [0.2, 0.25) is 0 Å². The van der Waals surface area contributed by atoms with Crippen molar-refractivity contribution in [2.24, 2.45) is 0 Å². The van der Waals surface area contributed by atoms with Crippen molar-refractivity contribution >= 4 is 23.7 Å². The van der Waals surface area contributed by atoms with Gasteiger partial charge >= 0.3 is 0 Å². The Morgan fingerprint density at radius 1 is 1.53 bits per heavy atom. The molecule has 1 aliphatic rings. The number of hydrogen-bond donors (Lipinski definition) is 1. The van der Waals surface area contributed by atoms with E-state index < -0.39 is 0 Å². The summed E-state index contributed by atoms with van der Waals surface area (Å²) in [5.41, 5.74) is 1.85. The Bertz CT molecular complexity index is 368. The molecule has 0 spiro atoms. The Hall–Kier alpha value is -1.00. The van der Waals surface area contributed by atoms with Crippen LogP contribution in [-0.4, -0.2) is 36.8 Å². The summed E-state index contributed by atoms with van der Waals surface area (Å²) in [6, 6.07) is 5.69. The number of anilines is 1. The van der Waals surface area contributed by atoms with Crippen molar-refractivity contribution in [3.63, 3.8) is 0 Å². The van der Waals surface area contributed by atoms with Gasteiger partial charge in [0, 0.05) is 29.3 Å². The molecule has 0 atom stereocenters. The summed E-state index contributed by atoms with van der Waals surface area (Å²) in [6.45, 7) is 1.78. The molecule has 1 aliphatic heterocycles. The maximum atomic E-state index is 10.6. The number of nitrogens with zero attached hydrogens (tertiary/aromatic N) is 1. The van der Waals surface area contributed by atoms with E-state index in [1.807, 2.05) is 18.2 Å². The summed E-state index contributed by atoms with van der Waals surface area (Å²) >= 11 is 1.77. The molecule has 80 valence electrons. The fraction of sp³-hybridized carbons (Fsp3) is 0.364. The number of aliphatic hydroxyl groups excluding tert-OH is 1. The topological polar surface area (TPSA) is 40.5 Å². The Labute approximate surface area is 93.1 Å². The van der Waals surface area contributed by atoms with Crippen LogP contribution in [0.1, 0.15) is 10.4 Å². The first-order valence-corrected chi connectivity index (χ1v) is 5.91. The largest absolute Gasteiger partial charge is 0.395 e. The van der Waals surface area contributed by atoms with Crippen molar-refractivity contribution < 1.29 is 9.90 Å². The van der Waals surface area contributed by atoms with Gasteiger partial charge in [0.15, 0.2) is 0 Å². The molecule has 0 saturated heterocycles. The van der Waals surface area contributed by atoms with Crippen LogP contribution in [-0.2, 0) is 0 Å². The lowest BCUT2D eigenvalue weighted by Crippen LogP contribution is -2.31. The van der Waals surface area contributed by atoms with Crippen molar-refractivity contribution in [3.05, 3.63) is 23.8 Å². The second-order valence-electron chi connectivity index (χ2n) is 3.40. The average Bonchev–Trinajstić information content (AvgIpc) is 2.29. The van der Waals surface area contributed by atoms with E-state index in [0.717, 1.165) is 29.2 Å². The van der Waals surface area contributed by atoms with Gasteiger partial charge in [-0.1, -0.05) is 0 Å². The monoisotopic (exact) mass is 223 g/mol. The zero-order valence-corrected chi connectivity index (χ0v) is 9.17. The molecule has 0 bridgehead atoms. The third-order valence-corrected chi connectivity index (χ3v) is 3.47. The van der Waals surface area contributed by atoms with Gasteiger partial charge in [-0.25, -0.2) is 0 Å². The van der Waals surface area contributed by atoms with E-state index in [2.05, 4.69) is 4.90 Å². The molecule has 0 aliphatic carbocycles. The van der Waals surface area contributed by atoms with Gasteiger partial charge in [-0.2, -0.15) is 0 Å². The molecule has 1 aromatic carbocycles. The van der Waals surface area contributed by atoms with Gasteiger partial charge in [-0.05, 0) is 18.2 Å². The summed E-state index contributed by atoms with van der Waals surface area (Å²) in [7, 11) is 0. The predicted molar refractivity (Wildman–Crippen MR) is 61.9 cm³/mol. The van der Waals surface area contributed by atoms with Crippen LogP contribution in [0.25, 0.3) is 0 Å². The van der Waals surface area contributed by atoms with Gasteiger partial charge in [0.25, 0.3) is 0 Å². The lowest BCUT2D eigenvalue weighted by molar-refractivity contribution is 0.112. The summed E-state index contributed by atoms with van der Waals surface area (Å²) in [6.07, 6.45) is 0.867. The van der Waals surface area contributed by atoms with Gasteiger partial charge in [-0.3, -0.25) is 4.79 Å². The van der Waals surface area contributed by atoms with E-state index in [9.17, 15) is 4.79 Å². The van der Waals surface area contributed by atoms with E-state index in [-0.39, 0.29) is 6.61 Å². The number of hydrogen-bond acceptors (Lipinski definition) is 4. The number of β-amino-alcohol motifs (C(OH)–C–C–N with tert-alkyl or cyclic N) is 1. The molecule has 3 nitrogen and oxygen atoms in total. The van der Waals surface area contributed by atoms with Gasteiger partial charge < -0.3 is 10.0 Å². The van der Waals surface area contributed by atoms with E-state index >= 15 is 0 Å². The van der Waals surface area contributed by atoms with Crippen LogP contribution in [0, 0.1) is 0 Å². The first kappa shape index (κ1) is 10.5. The van der Waals surface area contributed by atoms with Crippen LogP contribution >= 0.6 is 11.8 Å². The second-order valence-corrected chi connectivity index (χ2v) is 4.54. The highest BCUT2D eigenvalue weighted by Crippen LogP contribution is 2.34. The normalized spacial score (nSPS) is 14.9. The molecule has 0 saturated carbocycles. The summed E-state index contributed by atoms with van der Waals surface area (Å²) < 4.78 is 0. The summed E-state index contributed by atoms with van der Waals surface area (Å²) in [4.78, 5) is 13.9. The molecule has 1 heterocycles. The molecule has 0 fully saturated rings. The summed E-state index contributed by atoms with van der Waals surface area (Å²) in [5, 5.41) is 8.94. The number of benzene rings is 1. The number of fused-ring (bicyclic) bond motifs is 1. The minimum absolute atomic E-state index is 0.166. The highest BCUT2D eigenvalue weighted by Gasteiger charge is 2.16. The number of thioether (sulfide) groups is 1. The average molecular weight is 223 g/mol. The van der Waals surface area contributed by atoms with Crippen molar-refractivity contribution in [1.29, 1.82) is 0 Å². The molecule has 2 rings (SSSR count). The minimum atomic E-state index is 0.166. The molecule has 4 heteroatoms. The number of rotatable bonds is 3. The standard InChI is InChI=1S/C11H13NO2S/c13-5-3-12-4-6-15-11-7-9(8-14)1-2-10(11)12/h1-2,7-8,13H,3-6H2. The lowest BCUT2D eigenvalue weighted by Gasteiger charge is -2.30. The van der Waals surface area contributed by atoms with Gasteiger partial charge in [-0.15, -0.1) is 11.8 Å².